The first-order valence-corrected chi connectivity index (χ1v) is 7.08. The van der Waals surface area contributed by atoms with Gasteiger partial charge in [0.05, 0.1) is 23.3 Å². The summed E-state index contributed by atoms with van der Waals surface area (Å²) < 4.78 is 3.57. The number of hydrogen-bond donors (Lipinski definition) is 0. The van der Waals surface area contributed by atoms with Crippen molar-refractivity contribution < 1.29 is 4.79 Å². The standard InChI is InChI=1S/C16H18N4O/c1-4-20-14-8-6-5-7-12(14)13(18-20)10-16(21)15-9-11(2)17-19(15)3/h5-9H,4,10H2,1-3H3. The second kappa shape index (κ2) is 5.16. The molecule has 2 aromatic heterocycles. The van der Waals surface area contributed by atoms with E-state index in [2.05, 4.69) is 17.1 Å². The van der Waals surface area contributed by atoms with Gasteiger partial charge in [0.1, 0.15) is 5.69 Å². The molecule has 0 amide bonds. The number of aromatic nitrogens is 4. The van der Waals surface area contributed by atoms with Crippen LogP contribution in [0.15, 0.2) is 30.3 Å². The molecule has 108 valence electrons. The minimum absolute atomic E-state index is 0.0459. The fraction of sp³-hybridized carbons (Fsp3) is 0.312. The van der Waals surface area contributed by atoms with Gasteiger partial charge in [-0.15, -0.1) is 0 Å². The molecule has 0 radical (unpaired) electrons. The molecule has 0 saturated carbocycles. The maximum Gasteiger partial charge on any atom is 0.186 e. The quantitative estimate of drug-likeness (QED) is 0.691. The van der Waals surface area contributed by atoms with E-state index in [4.69, 9.17) is 0 Å². The van der Waals surface area contributed by atoms with Crippen molar-refractivity contribution in [3.63, 3.8) is 0 Å². The maximum absolute atomic E-state index is 12.5. The molecule has 0 spiro atoms. The molecular formula is C16H18N4O. The summed E-state index contributed by atoms with van der Waals surface area (Å²) in [7, 11) is 1.79. The van der Waals surface area contributed by atoms with E-state index < -0.39 is 0 Å². The van der Waals surface area contributed by atoms with Crippen molar-refractivity contribution in [2.45, 2.75) is 26.8 Å². The zero-order valence-electron chi connectivity index (χ0n) is 12.5. The summed E-state index contributed by atoms with van der Waals surface area (Å²) in [4.78, 5) is 12.5. The van der Waals surface area contributed by atoms with E-state index in [1.807, 2.05) is 41.9 Å². The molecule has 0 aliphatic carbocycles. The van der Waals surface area contributed by atoms with Gasteiger partial charge in [0.15, 0.2) is 5.78 Å². The number of nitrogens with zero attached hydrogens (tertiary/aromatic N) is 4. The van der Waals surface area contributed by atoms with Gasteiger partial charge in [-0.25, -0.2) is 0 Å². The van der Waals surface area contributed by atoms with Crippen LogP contribution in [0, 0.1) is 6.92 Å². The monoisotopic (exact) mass is 282 g/mol. The van der Waals surface area contributed by atoms with E-state index >= 15 is 0 Å². The average Bonchev–Trinajstić information content (AvgIpc) is 2.99. The Labute approximate surface area is 123 Å². The highest BCUT2D eigenvalue weighted by molar-refractivity contribution is 5.98. The number of rotatable bonds is 4. The van der Waals surface area contributed by atoms with Crippen LogP contribution in [0.3, 0.4) is 0 Å². The number of para-hydroxylation sites is 1. The van der Waals surface area contributed by atoms with Gasteiger partial charge in [0, 0.05) is 19.0 Å². The summed E-state index contributed by atoms with van der Waals surface area (Å²) in [5, 5.41) is 9.85. The van der Waals surface area contributed by atoms with Crippen LogP contribution in [0.5, 0.6) is 0 Å². The predicted octanol–water partition coefficient (Wildman–Crippen LogP) is 2.52. The molecule has 5 nitrogen and oxygen atoms in total. The fourth-order valence-corrected chi connectivity index (χ4v) is 2.68. The second-order valence-corrected chi connectivity index (χ2v) is 5.17. The summed E-state index contributed by atoms with van der Waals surface area (Å²) in [6, 6.07) is 9.85. The SMILES string of the molecule is CCn1nc(CC(=O)c2cc(C)nn2C)c2ccccc21. The molecule has 0 fully saturated rings. The largest absolute Gasteiger partial charge is 0.292 e. The molecule has 21 heavy (non-hydrogen) atoms. The van der Waals surface area contributed by atoms with Crippen molar-refractivity contribution in [3.8, 4) is 0 Å². The number of fused-ring (bicyclic) bond motifs is 1. The molecule has 0 aliphatic heterocycles. The van der Waals surface area contributed by atoms with Crippen LogP contribution < -0.4 is 0 Å². The number of carbonyl (C=O) groups is 1. The lowest BCUT2D eigenvalue weighted by molar-refractivity contribution is 0.0983. The average molecular weight is 282 g/mol. The zero-order chi connectivity index (χ0) is 15.0. The first kappa shape index (κ1) is 13.5. The van der Waals surface area contributed by atoms with Crippen molar-refractivity contribution in [2.24, 2.45) is 7.05 Å². The first-order valence-electron chi connectivity index (χ1n) is 7.08. The minimum atomic E-state index is 0.0459. The number of benzene rings is 1. The number of aryl methyl sites for hydroxylation is 3. The Bertz CT molecular complexity index is 813. The molecule has 3 aromatic rings. The number of hydrogen-bond acceptors (Lipinski definition) is 3. The summed E-state index contributed by atoms with van der Waals surface area (Å²) in [5.74, 6) is 0.0459. The lowest BCUT2D eigenvalue weighted by Crippen LogP contribution is -2.10. The van der Waals surface area contributed by atoms with E-state index in [0.717, 1.165) is 28.8 Å². The van der Waals surface area contributed by atoms with Crippen LogP contribution in [0.25, 0.3) is 10.9 Å². The summed E-state index contributed by atoms with van der Waals surface area (Å²) >= 11 is 0. The summed E-state index contributed by atoms with van der Waals surface area (Å²) in [6.07, 6.45) is 0.298. The lowest BCUT2D eigenvalue weighted by Gasteiger charge is -1.99. The van der Waals surface area contributed by atoms with Gasteiger partial charge < -0.3 is 0 Å². The van der Waals surface area contributed by atoms with Crippen LogP contribution in [0.2, 0.25) is 0 Å². The maximum atomic E-state index is 12.5. The zero-order valence-corrected chi connectivity index (χ0v) is 12.5. The molecule has 5 heteroatoms. The molecule has 3 rings (SSSR count). The first-order chi connectivity index (χ1) is 10.1. The molecule has 0 atom stereocenters. The van der Waals surface area contributed by atoms with Gasteiger partial charge in [-0.05, 0) is 26.0 Å². The van der Waals surface area contributed by atoms with Gasteiger partial charge in [-0.3, -0.25) is 14.2 Å². The second-order valence-electron chi connectivity index (χ2n) is 5.17. The third-order valence-corrected chi connectivity index (χ3v) is 3.65. The van der Waals surface area contributed by atoms with Crippen LogP contribution in [0.4, 0.5) is 0 Å². The van der Waals surface area contributed by atoms with Crippen molar-refractivity contribution >= 4 is 16.7 Å². The van der Waals surface area contributed by atoms with Crippen LogP contribution in [-0.4, -0.2) is 25.3 Å². The highest BCUT2D eigenvalue weighted by atomic mass is 16.1. The molecule has 1 aromatic carbocycles. The third kappa shape index (κ3) is 2.35. The van der Waals surface area contributed by atoms with E-state index in [1.54, 1.807) is 11.7 Å². The number of ketones is 1. The van der Waals surface area contributed by atoms with E-state index in [1.165, 1.54) is 0 Å². The minimum Gasteiger partial charge on any atom is -0.292 e. The molecule has 0 aliphatic rings. The van der Waals surface area contributed by atoms with Gasteiger partial charge >= 0.3 is 0 Å². The highest BCUT2D eigenvalue weighted by Gasteiger charge is 2.17. The Morgan fingerprint density at radius 1 is 1.24 bits per heavy atom. The van der Waals surface area contributed by atoms with E-state index in [-0.39, 0.29) is 5.78 Å². The Morgan fingerprint density at radius 2 is 2.00 bits per heavy atom. The van der Waals surface area contributed by atoms with Gasteiger partial charge in [0.25, 0.3) is 0 Å². The predicted molar refractivity (Wildman–Crippen MR) is 81.4 cm³/mol. The van der Waals surface area contributed by atoms with Crippen LogP contribution in [-0.2, 0) is 20.0 Å². The van der Waals surface area contributed by atoms with Crippen LogP contribution >= 0.6 is 0 Å². The number of carbonyl (C=O) groups excluding carboxylic acids is 1. The molecule has 2 heterocycles. The fourth-order valence-electron chi connectivity index (χ4n) is 2.68. The topological polar surface area (TPSA) is 52.7 Å². The normalized spacial score (nSPS) is 11.2. The van der Waals surface area contributed by atoms with Gasteiger partial charge in [-0.1, -0.05) is 18.2 Å². The molecular weight excluding hydrogens is 264 g/mol. The van der Waals surface area contributed by atoms with E-state index in [0.29, 0.717) is 12.1 Å². The smallest absolute Gasteiger partial charge is 0.186 e. The van der Waals surface area contributed by atoms with Crippen LogP contribution in [0.1, 0.15) is 28.8 Å². The Balaban J connectivity index is 1.98. The third-order valence-electron chi connectivity index (χ3n) is 3.65. The highest BCUT2D eigenvalue weighted by Crippen LogP contribution is 2.20. The summed E-state index contributed by atoms with van der Waals surface area (Å²) in [5.41, 5.74) is 3.38. The van der Waals surface area contributed by atoms with Crippen molar-refractivity contribution in [2.75, 3.05) is 0 Å². The lowest BCUT2D eigenvalue weighted by atomic mass is 10.1. The van der Waals surface area contributed by atoms with Gasteiger partial charge in [0.2, 0.25) is 0 Å². The van der Waals surface area contributed by atoms with Crippen molar-refractivity contribution in [1.82, 2.24) is 19.6 Å². The van der Waals surface area contributed by atoms with E-state index in [9.17, 15) is 4.79 Å². The Kier molecular flexibility index (Phi) is 3.33. The van der Waals surface area contributed by atoms with Crippen molar-refractivity contribution in [3.05, 3.63) is 47.4 Å². The molecule has 0 N–H and O–H groups in total. The molecule has 0 saturated heterocycles. The Hall–Kier alpha value is -2.43. The van der Waals surface area contributed by atoms with Gasteiger partial charge in [-0.2, -0.15) is 10.2 Å². The molecule has 0 unspecified atom stereocenters. The summed E-state index contributed by atoms with van der Waals surface area (Å²) in [6.45, 7) is 4.73. The molecule has 0 bridgehead atoms. The number of Topliss-reactive ketones (excluding diaryl/α,β-unsaturated/α-hetero) is 1. The van der Waals surface area contributed by atoms with Crippen molar-refractivity contribution in [1.29, 1.82) is 0 Å². The Morgan fingerprint density at radius 3 is 2.67 bits per heavy atom.